The molecule has 1 fully saturated rings. The van der Waals surface area contributed by atoms with Crippen molar-refractivity contribution in [2.45, 2.75) is 57.4 Å². The van der Waals surface area contributed by atoms with Crippen LogP contribution in [-0.4, -0.2) is 32.7 Å². The minimum absolute atomic E-state index is 0.332. The number of rotatable bonds is 8. The first-order chi connectivity index (χ1) is 16.0. The van der Waals surface area contributed by atoms with Gasteiger partial charge in [0.15, 0.2) is 5.82 Å². The van der Waals surface area contributed by atoms with Crippen molar-refractivity contribution >= 4 is 28.4 Å². The third kappa shape index (κ3) is 4.29. The minimum atomic E-state index is -0.951. The maximum absolute atomic E-state index is 15.2. The summed E-state index contributed by atoms with van der Waals surface area (Å²) in [5, 5.41) is 11.7. The highest BCUT2D eigenvalue weighted by molar-refractivity contribution is 7.13. The summed E-state index contributed by atoms with van der Waals surface area (Å²) in [6, 6.07) is 4.85. The van der Waals surface area contributed by atoms with Gasteiger partial charge in [-0.15, -0.1) is 21.5 Å². The first-order valence-corrected chi connectivity index (χ1v) is 12.1. The second-order valence-corrected chi connectivity index (χ2v) is 9.90. The Morgan fingerprint density at radius 2 is 2.18 bits per heavy atom. The number of carbonyl (C=O) groups excluding carboxylic acids is 1. The van der Waals surface area contributed by atoms with Gasteiger partial charge in [-0.2, -0.15) is 0 Å². The quantitative estimate of drug-likeness (QED) is 0.464. The van der Waals surface area contributed by atoms with Crippen LogP contribution in [-0.2, 0) is 10.3 Å². The fourth-order valence-electron chi connectivity index (χ4n) is 4.21. The lowest BCUT2D eigenvalue weighted by Crippen LogP contribution is -2.48. The SMILES string of the molecule is CCCCOc1ccc([C@]2(C)CC(c3ncc(C4CC4)s3)=C(c3nnc[nH]3)C(=O)N2)c(F)c1. The van der Waals surface area contributed by atoms with Gasteiger partial charge in [0.2, 0.25) is 0 Å². The summed E-state index contributed by atoms with van der Waals surface area (Å²) in [5.41, 5.74) is 0.610. The summed E-state index contributed by atoms with van der Waals surface area (Å²) in [7, 11) is 0. The highest BCUT2D eigenvalue weighted by Crippen LogP contribution is 2.47. The zero-order chi connectivity index (χ0) is 23.0. The average Bonchev–Trinajstić information content (AvgIpc) is 3.28. The molecule has 1 atom stereocenters. The summed E-state index contributed by atoms with van der Waals surface area (Å²) in [6.07, 6.45) is 7.97. The first kappa shape index (κ1) is 21.8. The number of aromatic nitrogens is 4. The minimum Gasteiger partial charge on any atom is -0.493 e. The number of ether oxygens (including phenoxy) is 1. The van der Waals surface area contributed by atoms with Gasteiger partial charge in [0.05, 0.1) is 17.7 Å². The van der Waals surface area contributed by atoms with E-state index >= 15 is 4.39 Å². The van der Waals surface area contributed by atoms with E-state index in [0.717, 1.165) is 23.4 Å². The second kappa shape index (κ2) is 8.70. The number of halogens is 1. The van der Waals surface area contributed by atoms with Gasteiger partial charge in [-0.3, -0.25) is 4.79 Å². The molecule has 9 heteroatoms. The number of H-pyrrole nitrogens is 1. The van der Waals surface area contributed by atoms with Crippen molar-refractivity contribution in [2.24, 2.45) is 0 Å². The molecule has 3 aromatic rings. The van der Waals surface area contributed by atoms with Gasteiger partial charge in [0.1, 0.15) is 22.9 Å². The van der Waals surface area contributed by atoms with E-state index in [2.05, 4.69) is 32.4 Å². The summed E-state index contributed by atoms with van der Waals surface area (Å²) < 4.78 is 20.9. The van der Waals surface area contributed by atoms with Crippen molar-refractivity contribution in [3.63, 3.8) is 0 Å². The van der Waals surface area contributed by atoms with Crippen LogP contribution in [0, 0.1) is 5.82 Å². The Morgan fingerprint density at radius 1 is 1.33 bits per heavy atom. The lowest BCUT2D eigenvalue weighted by Gasteiger charge is -2.37. The molecule has 0 radical (unpaired) electrons. The molecule has 3 heterocycles. The van der Waals surface area contributed by atoms with Crippen LogP contribution < -0.4 is 10.1 Å². The fraction of sp³-hybridized carbons (Fsp3) is 0.417. The monoisotopic (exact) mass is 467 g/mol. The van der Waals surface area contributed by atoms with Crippen LogP contribution in [0.15, 0.2) is 30.7 Å². The molecule has 0 spiro atoms. The molecule has 2 aromatic heterocycles. The Morgan fingerprint density at radius 3 is 2.88 bits per heavy atom. The molecule has 2 N–H and O–H groups in total. The Balaban J connectivity index is 1.52. The second-order valence-electron chi connectivity index (χ2n) is 8.84. The molecule has 2 aliphatic rings. The summed E-state index contributed by atoms with van der Waals surface area (Å²) >= 11 is 1.60. The molecule has 5 rings (SSSR count). The number of amides is 1. The van der Waals surface area contributed by atoms with Gasteiger partial charge in [-0.05, 0) is 38.2 Å². The number of benzene rings is 1. The van der Waals surface area contributed by atoms with Gasteiger partial charge in [-0.25, -0.2) is 9.37 Å². The average molecular weight is 468 g/mol. The number of nitrogens with one attached hydrogen (secondary N) is 2. The van der Waals surface area contributed by atoms with E-state index in [1.54, 1.807) is 23.5 Å². The van der Waals surface area contributed by atoms with Crippen molar-refractivity contribution in [1.29, 1.82) is 0 Å². The number of unbranched alkanes of at least 4 members (excludes halogenated alkanes) is 1. The Hall–Kier alpha value is -3.07. The molecule has 33 heavy (non-hydrogen) atoms. The Bertz CT molecular complexity index is 1200. The van der Waals surface area contributed by atoms with Crippen LogP contribution in [0.2, 0.25) is 0 Å². The van der Waals surface area contributed by atoms with E-state index in [-0.39, 0.29) is 5.91 Å². The molecule has 0 unspecified atom stereocenters. The lowest BCUT2D eigenvalue weighted by atomic mass is 9.80. The van der Waals surface area contributed by atoms with Crippen molar-refractivity contribution in [3.8, 4) is 5.75 Å². The summed E-state index contributed by atoms with van der Waals surface area (Å²) in [5.74, 6) is 0.691. The van der Waals surface area contributed by atoms with Crippen molar-refractivity contribution in [3.05, 3.63) is 57.8 Å². The number of aromatic amines is 1. The van der Waals surface area contributed by atoms with Gasteiger partial charge in [0, 0.05) is 34.7 Å². The Labute approximate surface area is 195 Å². The number of hydrogen-bond acceptors (Lipinski definition) is 6. The molecule has 1 aliphatic heterocycles. The van der Waals surface area contributed by atoms with Crippen LogP contribution in [0.1, 0.15) is 73.1 Å². The normalized spacial score (nSPS) is 20.8. The van der Waals surface area contributed by atoms with E-state index in [1.165, 1.54) is 30.1 Å². The van der Waals surface area contributed by atoms with Crippen LogP contribution in [0.3, 0.4) is 0 Å². The zero-order valence-electron chi connectivity index (χ0n) is 18.7. The van der Waals surface area contributed by atoms with Gasteiger partial charge in [-0.1, -0.05) is 19.4 Å². The molecule has 7 nitrogen and oxygen atoms in total. The van der Waals surface area contributed by atoms with E-state index in [0.29, 0.717) is 41.7 Å². The van der Waals surface area contributed by atoms with Gasteiger partial charge >= 0.3 is 0 Å². The number of carbonyl (C=O) groups is 1. The number of nitrogens with zero attached hydrogens (tertiary/aromatic N) is 3. The highest BCUT2D eigenvalue weighted by atomic mass is 32.1. The lowest BCUT2D eigenvalue weighted by molar-refractivity contribution is -0.117. The smallest absolute Gasteiger partial charge is 0.256 e. The largest absolute Gasteiger partial charge is 0.493 e. The van der Waals surface area contributed by atoms with E-state index in [4.69, 9.17) is 4.74 Å². The van der Waals surface area contributed by atoms with Crippen LogP contribution in [0.4, 0.5) is 4.39 Å². The molecule has 0 saturated heterocycles. The molecular formula is C24H26FN5O2S. The van der Waals surface area contributed by atoms with Crippen molar-refractivity contribution in [2.75, 3.05) is 6.61 Å². The number of hydrogen-bond donors (Lipinski definition) is 2. The third-order valence-corrected chi connectivity index (χ3v) is 7.38. The zero-order valence-corrected chi connectivity index (χ0v) is 19.5. The maximum Gasteiger partial charge on any atom is 0.256 e. The van der Waals surface area contributed by atoms with Crippen molar-refractivity contribution < 1.29 is 13.9 Å². The standard InChI is InChI=1S/C24H26FN5O2S/c1-3-4-9-32-15-7-8-17(18(25)10-15)24(2)11-16(23-26-12-19(33-23)14-5-6-14)20(22(31)29-24)21-27-13-28-30-21/h7-8,10,12-14H,3-6,9,11H2,1-2H3,(H,29,31)(H,27,28,30)/t24-/m0/s1. The first-order valence-electron chi connectivity index (χ1n) is 11.3. The molecule has 1 aromatic carbocycles. The molecule has 1 aliphatic carbocycles. The van der Waals surface area contributed by atoms with Crippen LogP contribution in [0.5, 0.6) is 5.75 Å². The van der Waals surface area contributed by atoms with Crippen LogP contribution >= 0.6 is 11.3 Å². The molecule has 1 amide bonds. The predicted molar refractivity (Wildman–Crippen MR) is 124 cm³/mol. The van der Waals surface area contributed by atoms with Crippen LogP contribution in [0.25, 0.3) is 11.1 Å². The molecular weight excluding hydrogens is 441 g/mol. The topological polar surface area (TPSA) is 92.8 Å². The van der Waals surface area contributed by atoms with E-state index < -0.39 is 11.4 Å². The predicted octanol–water partition coefficient (Wildman–Crippen LogP) is 4.80. The van der Waals surface area contributed by atoms with E-state index in [1.807, 2.05) is 13.1 Å². The molecule has 1 saturated carbocycles. The van der Waals surface area contributed by atoms with Gasteiger partial charge < -0.3 is 15.0 Å². The fourth-order valence-corrected chi connectivity index (χ4v) is 5.34. The summed E-state index contributed by atoms with van der Waals surface area (Å²) in [4.78, 5) is 22.1. The third-order valence-electron chi connectivity index (χ3n) is 6.17. The maximum atomic E-state index is 15.2. The van der Waals surface area contributed by atoms with Gasteiger partial charge in [0.25, 0.3) is 5.91 Å². The number of thiazole rings is 1. The van der Waals surface area contributed by atoms with E-state index in [9.17, 15) is 4.79 Å². The highest BCUT2D eigenvalue weighted by Gasteiger charge is 2.41. The van der Waals surface area contributed by atoms with Crippen molar-refractivity contribution in [1.82, 2.24) is 25.5 Å². The Kier molecular flexibility index (Phi) is 5.74. The molecule has 172 valence electrons. The molecule has 0 bridgehead atoms. The summed E-state index contributed by atoms with van der Waals surface area (Å²) in [6.45, 7) is 4.46.